The van der Waals surface area contributed by atoms with E-state index in [1.807, 2.05) is 13.8 Å². The maximum absolute atomic E-state index is 11.4. The Hall–Kier alpha value is -1.23. The van der Waals surface area contributed by atoms with Crippen molar-refractivity contribution in [1.29, 1.82) is 0 Å². The SMILES string of the molecule is CCS(=O)(=O)Nc1cc(C)c(N)cc1C. The van der Waals surface area contributed by atoms with Crippen LogP contribution in [0.2, 0.25) is 0 Å². The Kier molecular flexibility index (Phi) is 3.24. The van der Waals surface area contributed by atoms with Gasteiger partial charge in [-0.1, -0.05) is 0 Å². The summed E-state index contributed by atoms with van der Waals surface area (Å²) in [6.45, 7) is 5.27. The molecule has 1 rings (SSSR count). The van der Waals surface area contributed by atoms with Crippen LogP contribution >= 0.6 is 0 Å². The average molecular weight is 228 g/mol. The molecule has 0 radical (unpaired) electrons. The highest BCUT2D eigenvalue weighted by Crippen LogP contribution is 2.22. The molecule has 0 atom stereocenters. The van der Waals surface area contributed by atoms with E-state index < -0.39 is 10.0 Å². The highest BCUT2D eigenvalue weighted by atomic mass is 32.2. The van der Waals surface area contributed by atoms with E-state index in [0.29, 0.717) is 11.4 Å². The highest BCUT2D eigenvalue weighted by molar-refractivity contribution is 7.92. The van der Waals surface area contributed by atoms with Crippen molar-refractivity contribution in [2.24, 2.45) is 0 Å². The molecule has 1 aromatic carbocycles. The number of hydrogen-bond acceptors (Lipinski definition) is 3. The first-order valence-corrected chi connectivity index (χ1v) is 6.38. The van der Waals surface area contributed by atoms with Gasteiger partial charge in [-0.3, -0.25) is 4.72 Å². The monoisotopic (exact) mass is 228 g/mol. The number of nitrogens with one attached hydrogen (secondary N) is 1. The Labute approximate surface area is 90.5 Å². The van der Waals surface area contributed by atoms with Crippen LogP contribution in [-0.4, -0.2) is 14.2 Å². The van der Waals surface area contributed by atoms with Gasteiger partial charge in [-0.2, -0.15) is 0 Å². The summed E-state index contributed by atoms with van der Waals surface area (Å²) in [5.74, 6) is 0.0653. The van der Waals surface area contributed by atoms with Gasteiger partial charge >= 0.3 is 0 Å². The molecular weight excluding hydrogens is 212 g/mol. The van der Waals surface area contributed by atoms with Gasteiger partial charge in [-0.15, -0.1) is 0 Å². The van der Waals surface area contributed by atoms with Crippen molar-refractivity contribution in [2.45, 2.75) is 20.8 Å². The van der Waals surface area contributed by atoms with Crippen LogP contribution in [0.5, 0.6) is 0 Å². The standard InChI is InChI=1S/C10H16N2O2S/c1-4-15(13,14)12-10-6-7(2)9(11)5-8(10)3/h5-6,12H,4,11H2,1-3H3. The maximum Gasteiger partial charge on any atom is 0.232 e. The lowest BCUT2D eigenvalue weighted by molar-refractivity contribution is 0.602. The largest absolute Gasteiger partial charge is 0.399 e. The maximum atomic E-state index is 11.4. The molecule has 1 aromatic rings. The van der Waals surface area contributed by atoms with Gasteiger partial charge in [0.25, 0.3) is 0 Å². The fourth-order valence-corrected chi connectivity index (χ4v) is 1.89. The van der Waals surface area contributed by atoms with Crippen molar-refractivity contribution < 1.29 is 8.42 Å². The molecule has 0 bridgehead atoms. The van der Waals surface area contributed by atoms with Crippen LogP contribution in [-0.2, 0) is 10.0 Å². The van der Waals surface area contributed by atoms with Crippen molar-refractivity contribution in [3.8, 4) is 0 Å². The third-order valence-corrected chi connectivity index (χ3v) is 3.55. The van der Waals surface area contributed by atoms with E-state index in [2.05, 4.69) is 4.72 Å². The fourth-order valence-electron chi connectivity index (χ4n) is 1.19. The number of benzene rings is 1. The summed E-state index contributed by atoms with van der Waals surface area (Å²) in [7, 11) is -3.22. The molecule has 3 N–H and O–H groups in total. The molecule has 0 fully saturated rings. The van der Waals surface area contributed by atoms with Crippen LogP contribution < -0.4 is 10.5 Å². The summed E-state index contributed by atoms with van der Waals surface area (Å²) >= 11 is 0. The van der Waals surface area contributed by atoms with E-state index in [9.17, 15) is 8.42 Å². The van der Waals surface area contributed by atoms with E-state index in [1.165, 1.54) is 0 Å². The summed E-state index contributed by atoms with van der Waals surface area (Å²) in [6, 6.07) is 3.51. The summed E-state index contributed by atoms with van der Waals surface area (Å²) in [5, 5.41) is 0. The Balaban J connectivity index is 3.12. The van der Waals surface area contributed by atoms with Gasteiger partial charge in [-0.05, 0) is 44.0 Å². The first-order valence-electron chi connectivity index (χ1n) is 4.73. The smallest absolute Gasteiger partial charge is 0.232 e. The van der Waals surface area contributed by atoms with Crippen LogP contribution in [0.15, 0.2) is 12.1 Å². The number of hydrogen-bond donors (Lipinski definition) is 2. The Morgan fingerprint density at radius 3 is 2.40 bits per heavy atom. The highest BCUT2D eigenvalue weighted by Gasteiger charge is 2.09. The molecule has 0 aliphatic carbocycles. The van der Waals surface area contributed by atoms with Crippen LogP contribution in [0, 0.1) is 13.8 Å². The molecule has 0 aliphatic rings. The van der Waals surface area contributed by atoms with Crippen molar-refractivity contribution in [3.05, 3.63) is 23.3 Å². The molecule has 0 amide bonds. The van der Waals surface area contributed by atoms with Gasteiger partial charge in [0, 0.05) is 5.69 Å². The second kappa shape index (κ2) is 4.10. The van der Waals surface area contributed by atoms with Crippen molar-refractivity contribution in [2.75, 3.05) is 16.2 Å². The predicted octanol–water partition coefficient (Wildman–Crippen LogP) is 1.65. The normalized spacial score (nSPS) is 11.4. The van der Waals surface area contributed by atoms with Crippen molar-refractivity contribution in [1.82, 2.24) is 0 Å². The van der Waals surface area contributed by atoms with Crippen LogP contribution in [0.4, 0.5) is 11.4 Å². The third-order valence-electron chi connectivity index (χ3n) is 2.26. The second-order valence-electron chi connectivity index (χ2n) is 3.53. The molecule has 5 heteroatoms. The third kappa shape index (κ3) is 2.86. The molecule has 15 heavy (non-hydrogen) atoms. The minimum Gasteiger partial charge on any atom is -0.399 e. The number of nitrogens with two attached hydrogens (primary N) is 1. The molecule has 0 spiro atoms. The lowest BCUT2D eigenvalue weighted by Crippen LogP contribution is -2.15. The number of nitrogen functional groups attached to an aromatic ring is 1. The van der Waals surface area contributed by atoms with E-state index >= 15 is 0 Å². The van der Waals surface area contributed by atoms with Crippen molar-refractivity contribution >= 4 is 21.4 Å². The Bertz CT molecular complexity index is 467. The molecule has 0 aliphatic heterocycles. The van der Waals surface area contributed by atoms with Gasteiger partial charge in [0.15, 0.2) is 0 Å². The van der Waals surface area contributed by atoms with E-state index in [-0.39, 0.29) is 5.75 Å². The molecule has 0 heterocycles. The van der Waals surface area contributed by atoms with E-state index in [4.69, 9.17) is 5.73 Å². The topological polar surface area (TPSA) is 72.2 Å². The molecule has 84 valence electrons. The van der Waals surface area contributed by atoms with Crippen LogP contribution in [0.1, 0.15) is 18.1 Å². The van der Waals surface area contributed by atoms with Gasteiger partial charge in [-0.25, -0.2) is 8.42 Å². The molecule has 0 saturated heterocycles. The summed E-state index contributed by atoms with van der Waals surface area (Å²) in [5.41, 5.74) is 8.68. The van der Waals surface area contributed by atoms with Crippen LogP contribution in [0.3, 0.4) is 0 Å². The zero-order chi connectivity index (χ0) is 11.6. The number of rotatable bonds is 3. The fraction of sp³-hybridized carbons (Fsp3) is 0.400. The minimum absolute atomic E-state index is 0.0653. The first kappa shape index (κ1) is 11.8. The lowest BCUT2D eigenvalue weighted by Gasteiger charge is -2.11. The summed E-state index contributed by atoms with van der Waals surface area (Å²) < 4.78 is 25.3. The Morgan fingerprint density at radius 1 is 1.27 bits per heavy atom. The number of aryl methyl sites for hydroxylation is 2. The van der Waals surface area contributed by atoms with E-state index in [0.717, 1.165) is 11.1 Å². The zero-order valence-corrected chi connectivity index (χ0v) is 9.98. The molecule has 4 nitrogen and oxygen atoms in total. The molecular formula is C10H16N2O2S. The summed E-state index contributed by atoms with van der Waals surface area (Å²) in [4.78, 5) is 0. The molecule has 0 aromatic heterocycles. The molecule has 0 saturated carbocycles. The first-order chi connectivity index (χ1) is 6.85. The molecule has 0 unspecified atom stereocenters. The van der Waals surface area contributed by atoms with Crippen molar-refractivity contribution in [3.63, 3.8) is 0 Å². The average Bonchev–Trinajstić information content (AvgIpc) is 2.14. The number of anilines is 2. The quantitative estimate of drug-likeness (QED) is 0.773. The van der Waals surface area contributed by atoms with Gasteiger partial charge < -0.3 is 5.73 Å². The minimum atomic E-state index is -3.22. The zero-order valence-electron chi connectivity index (χ0n) is 9.16. The van der Waals surface area contributed by atoms with Gasteiger partial charge in [0.2, 0.25) is 10.0 Å². The van der Waals surface area contributed by atoms with Gasteiger partial charge in [0.1, 0.15) is 0 Å². The van der Waals surface area contributed by atoms with Gasteiger partial charge in [0.05, 0.1) is 11.4 Å². The van der Waals surface area contributed by atoms with E-state index in [1.54, 1.807) is 19.1 Å². The second-order valence-corrected chi connectivity index (χ2v) is 5.54. The summed E-state index contributed by atoms with van der Waals surface area (Å²) in [6.07, 6.45) is 0. The Morgan fingerprint density at radius 2 is 1.87 bits per heavy atom. The van der Waals surface area contributed by atoms with Crippen LogP contribution in [0.25, 0.3) is 0 Å². The lowest BCUT2D eigenvalue weighted by atomic mass is 10.1. The number of sulfonamides is 1. The predicted molar refractivity (Wildman–Crippen MR) is 63.4 cm³/mol.